The molecule has 3 heteroatoms. The van der Waals surface area contributed by atoms with E-state index in [-0.39, 0.29) is 5.82 Å². The molecule has 0 aliphatic heterocycles. The normalized spacial score (nSPS) is 9.58. The van der Waals surface area contributed by atoms with E-state index in [0.717, 1.165) is 5.70 Å². The largest absolute Gasteiger partial charge is 0.345 e. The Labute approximate surface area is 71.1 Å². The fourth-order valence-corrected chi connectivity index (χ4v) is 0.786. The third kappa shape index (κ3) is 2.05. The van der Waals surface area contributed by atoms with Crippen molar-refractivity contribution in [2.75, 3.05) is 5.32 Å². The molecule has 0 fully saturated rings. The number of nitrogens with one attached hydrogen (secondary N) is 1. The molecule has 0 aliphatic rings. The number of hydrogen-bond donors (Lipinski definition) is 1. The number of aryl methyl sites for hydroxylation is 1. The van der Waals surface area contributed by atoms with Crippen LogP contribution in [0.5, 0.6) is 0 Å². The van der Waals surface area contributed by atoms with Gasteiger partial charge in [-0.2, -0.15) is 0 Å². The molecule has 12 heavy (non-hydrogen) atoms. The van der Waals surface area contributed by atoms with E-state index in [1.54, 1.807) is 13.8 Å². The van der Waals surface area contributed by atoms with Crippen molar-refractivity contribution in [1.82, 2.24) is 4.98 Å². The standard InChI is InChI=1S/C9H11FN2/c1-6(2)12-9-4-8(10)7(3)5-11-9/h4-5H,1H2,2-3H3,(H,11,12). The Morgan fingerprint density at radius 1 is 1.67 bits per heavy atom. The zero-order valence-corrected chi connectivity index (χ0v) is 7.19. The van der Waals surface area contributed by atoms with Crippen LogP contribution in [0.1, 0.15) is 12.5 Å². The third-order valence-electron chi connectivity index (χ3n) is 1.38. The second kappa shape index (κ2) is 3.34. The average molecular weight is 166 g/mol. The van der Waals surface area contributed by atoms with Crippen LogP contribution in [0.2, 0.25) is 0 Å². The molecule has 1 aromatic rings. The predicted octanol–water partition coefficient (Wildman–Crippen LogP) is 2.47. The first-order chi connectivity index (χ1) is 5.59. The summed E-state index contributed by atoms with van der Waals surface area (Å²) in [6.45, 7) is 7.09. The maximum absolute atomic E-state index is 12.9. The van der Waals surface area contributed by atoms with Crippen LogP contribution < -0.4 is 5.32 Å². The van der Waals surface area contributed by atoms with Crippen molar-refractivity contribution in [3.05, 3.63) is 35.9 Å². The van der Waals surface area contributed by atoms with E-state index in [4.69, 9.17) is 0 Å². The molecule has 0 radical (unpaired) electrons. The summed E-state index contributed by atoms with van der Waals surface area (Å²) < 4.78 is 12.9. The lowest BCUT2D eigenvalue weighted by Crippen LogP contribution is -1.97. The van der Waals surface area contributed by atoms with Gasteiger partial charge in [0.1, 0.15) is 11.6 Å². The second-order valence-electron chi connectivity index (χ2n) is 2.72. The van der Waals surface area contributed by atoms with Gasteiger partial charge in [-0.1, -0.05) is 6.58 Å². The minimum Gasteiger partial charge on any atom is -0.345 e. The Morgan fingerprint density at radius 3 is 2.83 bits per heavy atom. The van der Waals surface area contributed by atoms with Gasteiger partial charge in [-0.3, -0.25) is 0 Å². The highest BCUT2D eigenvalue weighted by molar-refractivity contribution is 5.40. The molecule has 64 valence electrons. The van der Waals surface area contributed by atoms with Gasteiger partial charge < -0.3 is 5.32 Å². The minimum absolute atomic E-state index is 0.256. The Balaban J connectivity index is 2.89. The molecule has 0 saturated heterocycles. The molecule has 1 aromatic heterocycles. The van der Waals surface area contributed by atoms with Gasteiger partial charge in [0.05, 0.1) is 0 Å². The molecule has 0 bridgehead atoms. The summed E-state index contributed by atoms with van der Waals surface area (Å²) in [4.78, 5) is 3.97. The van der Waals surface area contributed by atoms with Crippen molar-refractivity contribution in [2.45, 2.75) is 13.8 Å². The highest BCUT2D eigenvalue weighted by atomic mass is 19.1. The van der Waals surface area contributed by atoms with Crippen LogP contribution in [0, 0.1) is 12.7 Å². The van der Waals surface area contributed by atoms with Crippen LogP contribution in [0.15, 0.2) is 24.5 Å². The number of pyridine rings is 1. The van der Waals surface area contributed by atoms with E-state index in [1.165, 1.54) is 12.3 Å². The van der Waals surface area contributed by atoms with Crippen molar-refractivity contribution in [3.8, 4) is 0 Å². The molecule has 0 amide bonds. The van der Waals surface area contributed by atoms with Gasteiger partial charge in [0.15, 0.2) is 0 Å². The lowest BCUT2D eigenvalue weighted by molar-refractivity contribution is 0.616. The van der Waals surface area contributed by atoms with Crippen LogP contribution >= 0.6 is 0 Å². The molecule has 0 aromatic carbocycles. The molecule has 0 saturated carbocycles. The number of nitrogens with zero attached hydrogens (tertiary/aromatic N) is 1. The van der Waals surface area contributed by atoms with E-state index in [0.29, 0.717) is 11.4 Å². The fraction of sp³-hybridized carbons (Fsp3) is 0.222. The van der Waals surface area contributed by atoms with Crippen molar-refractivity contribution in [1.29, 1.82) is 0 Å². The number of anilines is 1. The highest BCUT2D eigenvalue weighted by Gasteiger charge is 1.99. The number of aromatic nitrogens is 1. The van der Waals surface area contributed by atoms with Crippen LogP contribution in [0.3, 0.4) is 0 Å². The summed E-state index contributed by atoms with van der Waals surface area (Å²) in [5.41, 5.74) is 1.29. The first kappa shape index (κ1) is 8.71. The molecule has 0 aliphatic carbocycles. The van der Waals surface area contributed by atoms with Crippen LogP contribution in [0.4, 0.5) is 10.2 Å². The summed E-state index contributed by atoms with van der Waals surface area (Å²) >= 11 is 0. The molecule has 0 spiro atoms. The van der Waals surface area contributed by atoms with Crippen LogP contribution in [0.25, 0.3) is 0 Å². The van der Waals surface area contributed by atoms with Gasteiger partial charge in [-0.15, -0.1) is 0 Å². The lowest BCUT2D eigenvalue weighted by Gasteiger charge is -2.04. The zero-order valence-electron chi connectivity index (χ0n) is 7.19. The Kier molecular flexibility index (Phi) is 2.43. The van der Waals surface area contributed by atoms with Gasteiger partial charge >= 0.3 is 0 Å². The summed E-state index contributed by atoms with van der Waals surface area (Å²) in [6, 6.07) is 1.35. The predicted molar refractivity (Wildman–Crippen MR) is 47.4 cm³/mol. The van der Waals surface area contributed by atoms with Gasteiger partial charge in [0.25, 0.3) is 0 Å². The Bertz CT molecular complexity index is 307. The fourth-order valence-electron chi connectivity index (χ4n) is 0.786. The zero-order chi connectivity index (χ0) is 9.14. The second-order valence-corrected chi connectivity index (χ2v) is 2.72. The summed E-state index contributed by atoms with van der Waals surface area (Å²) in [5.74, 6) is 0.236. The molecule has 2 nitrogen and oxygen atoms in total. The number of allylic oxidation sites excluding steroid dienone is 1. The van der Waals surface area contributed by atoms with Crippen molar-refractivity contribution in [3.63, 3.8) is 0 Å². The number of halogens is 1. The SMILES string of the molecule is C=C(C)Nc1cc(F)c(C)cn1. The van der Waals surface area contributed by atoms with Crippen molar-refractivity contribution in [2.24, 2.45) is 0 Å². The van der Waals surface area contributed by atoms with E-state index < -0.39 is 0 Å². The summed E-state index contributed by atoms with van der Waals surface area (Å²) in [6.07, 6.45) is 1.49. The van der Waals surface area contributed by atoms with Crippen molar-refractivity contribution >= 4 is 5.82 Å². The first-order valence-corrected chi connectivity index (χ1v) is 3.64. The van der Waals surface area contributed by atoms with E-state index >= 15 is 0 Å². The average Bonchev–Trinajstić information content (AvgIpc) is 1.96. The number of rotatable bonds is 2. The maximum Gasteiger partial charge on any atom is 0.132 e. The summed E-state index contributed by atoms with van der Waals surface area (Å²) in [5, 5.41) is 2.83. The quantitative estimate of drug-likeness (QED) is 0.730. The smallest absolute Gasteiger partial charge is 0.132 e. The third-order valence-corrected chi connectivity index (χ3v) is 1.38. The Hall–Kier alpha value is -1.38. The van der Waals surface area contributed by atoms with E-state index in [9.17, 15) is 4.39 Å². The molecule has 0 atom stereocenters. The van der Waals surface area contributed by atoms with Crippen LogP contribution in [-0.2, 0) is 0 Å². The van der Waals surface area contributed by atoms with E-state index in [1.807, 2.05) is 0 Å². The maximum atomic E-state index is 12.9. The van der Waals surface area contributed by atoms with Crippen molar-refractivity contribution < 1.29 is 4.39 Å². The molecule has 1 heterocycles. The van der Waals surface area contributed by atoms with Crippen LogP contribution in [-0.4, -0.2) is 4.98 Å². The molecule has 0 unspecified atom stereocenters. The topological polar surface area (TPSA) is 24.9 Å². The molecular weight excluding hydrogens is 155 g/mol. The highest BCUT2D eigenvalue weighted by Crippen LogP contribution is 2.10. The molecule has 1 rings (SSSR count). The van der Waals surface area contributed by atoms with E-state index in [2.05, 4.69) is 16.9 Å². The summed E-state index contributed by atoms with van der Waals surface area (Å²) in [7, 11) is 0. The monoisotopic (exact) mass is 166 g/mol. The van der Waals surface area contributed by atoms with Gasteiger partial charge in [0, 0.05) is 23.5 Å². The minimum atomic E-state index is -0.256. The Morgan fingerprint density at radius 2 is 2.33 bits per heavy atom. The first-order valence-electron chi connectivity index (χ1n) is 3.64. The lowest BCUT2D eigenvalue weighted by atomic mass is 10.3. The van der Waals surface area contributed by atoms with Gasteiger partial charge in [-0.05, 0) is 13.8 Å². The van der Waals surface area contributed by atoms with Gasteiger partial charge in [0.2, 0.25) is 0 Å². The molecule has 1 N–H and O–H groups in total. The number of hydrogen-bond acceptors (Lipinski definition) is 2. The van der Waals surface area contributed by atoms with Gasteiger partial charge in [-0.25, -0.2) is 9.37 Å². The molecular formula is C9H11FN2.